The monoisotopic (exact) mass is 617 g/mol. The summed E-state index contributed by atoms with van der Waals surface area (Å²) in [7, 11) is -3.71. The third-order valence-corrected chi connectivity index (χ3v) is 8.36. The molecule has 10 heteroatoms. The maximum atomic E-state index is 13.8. The number of carbonyl (C=O) groups excluding carboxylic acids is 2. The molecule has 0 saturated carbocycles. The fourth-order valence-corrected chi connectivity index (χ4v) is 5.87. The number of rotatable bonds is 14. The van der Waals surface area contributed by atoms with E-state index in [4.69, 9.17) is 23.2 Å². The molecule has 0 heterocycles. The summed E-state index contributed by atoms with van der Waals surface area (Å²) < 4.78 is 26.5. The summed E-state index contributed by atoms with van der Waals surface area (Å²) in [5.74, 6) is -0.469. The highest BCUT2D eigenvalue weighted by molar-refractivity contribution is 7.92. The Kier molecular flexibility index (Phi) is 12.1. The molecule has 0 spiro atoms. The van der Waals surface area contributed by atoms with Gasteiger partial charge in [0.05, 0.1) is 17.0 Å². The average molecular weight is 619 g/mol. The Morgan fingerprint density at radius 2 is 1.63 bits per heavy atom. The van der Waals surface area contributed by atoms with Gasteiger partial charge in [0.15, 0.2) is 0 Å². The molecule has 2 amide bonds. The Hall–Kier alpha value is -3.07. The summed E-state index contributed by atoms with van der Waals surface area (Å²) in [5.41, 5.74) is 3.18. The lowest BCUT2D eigenvalue weighted by atomic mass is 10.0. The molecular formula is C31H37Cl2N3O4S. The second-order valence-corrected chi connectivity index (χ2v) is 12.8. The van der Waals surface area contributed by atoms with Crippen molar-refractivity contribution in [2.24, 2.45) is 0 Å². The van der Waals surface area contributed by atoms with Crippen LogP contribution in [0.2, 0.25) is 10.0 Å². The second-order valence-electron chi connectivity index (χ2n) is 10.0. The Morgan fingerprint density at radius 3 is 2.27 bits per heavy atom. The first kappa shape index (κ1) is 32.4. The summed E-state index contributed by atoms with van der Waals surface area (Å²) in [4.78, 5) is 28.9. The van der Waals surface area contributed by atoms with Crippen LogP contribution in [-0.4, -0.2) is 50.5 Å². The van der Waals surface area contributed by atoms with E-state index in [1.54, 1.807) is 11.0 Å². The van der Waals surface area contributed by atoms with E-state index in [0.717, 1.165) is 33.7 Å². The minimum atomic E-state index is -3.71. The molecule has 1 atom stereocenters. The lowest BCUT2D eigenvalue weighted by Crippen LogP contribution is -2.50. The summed E-state index contributed by atoms with van der Waals surface area (Å²) in [6.07, 6.45) is 2.45. The van der Waals surface area contributed by atoms with Gasteiger partial charge in [0.25, 0.3) is 0 Å². The minimum absolute atomic E-state index is 0.0222. The Labute approximate surface area is 253 Å². The van der Waals surface area contributed by atoms with E-state index in [1.165, 1.54) is 12.1 Å². The molecule has 0 aliphatic carbocycles. The van der Waals surface area contributed by atoms with E-state index < -0.39 is 16.1 Å². The molecule has 0 saturated heterocycles. The lowest BCUT2D eigenvalue weighted by molar-refractivity contribution is -0.141. The highest BCUT2D eigenvalue weighted by Gasteiger charge is 2.30. The number of sulfonamides is 1. The van der Waals surface area contributed by atoms with E-state index in [9.17, 15) is 18.0 Å². The number of aryl methyl sites for hydroxylation is 1. The molecule has 0 aliphatic heterocycles. The van der Waals surface area contributed by atoms with Gasteiger partial charge in [0.1, 0.15) is 6.04 Å². The van der Waals surface area contributed by atoms with E-state index in [2.05, 4.69) is 5.32 Å². The van der Waals surface area contributed by atoms with Crippen LogP contribution in [0.3, 0.4) is 0 Å². The number of benzene rings is 3. The number of amides is 2. The summed E-state index contributed by atoms with van der Waals surface area (Å²) >= 11 is 12.4. The van der Waals surface area contributed by atoms with Crippen LogP contribution in [0, 0.1) is 6.92 Å². The second kappa shape index (κ2) is 15.2. The number of carbonyl (C=O) groups is 2. The summed E-state index contributed by atoms with van der Waals surface area (Å²) in [6.45, 7) is 4.73. The van der Waals surface area contributed by atoms with Crippen molar-refractivity contribution in [1.29, 1.82) is 0 Å². The molecule has 0 radical (unpaired) electrons. The van der Waals surface area contributed by atoms with Crippen molar-refractivity contribution < 1.29 is 18.0 Å². The Bertz CT molecular complexity index is 1420. The maximum absolute atomic E-state index is 13.8. The van der Waals surface area contributed by atoms with Crippen LogP contribution in [0.1, 0.15) is 42.9 Å². The molecule has 0 bridgehead atoms. The first-order valence-corrected chi connectivity index (χ1v) is 16.2. The molecule has 1 N–H and O–H groups in total. The largest absolute Gasteiger partial charge is 0.354 e. The maximum Gasteiger partial charge on any atom is 0.243 e. The van der Waals surface area contributed by atoms with Gasteiger partial charge in [-0.25, -0.2) is 8.42 Å². The topological polar surface area (TPSA) is 86.8 Å². The molecule has 220 valence electrons. The van der Waals surface area contributed by atoms with Crippen molar-refractivity contribution in [2.75, 3.05) is 23.7 Å². The quantitative estimate of drug-likeness (QED) is 0.240. The fourth-order valence-electron chi connectivity index (χ4n) is 4.47. The number of hydrogen-bond acceptors (Lipinski definition) is 4. The van der Waals surface area contributed by atoms with Gasteiger partial charge in [-0.15, -0.1) is 0 Å². The van der Waals surface area contributed by atoms with E-state index in [-0.39, 0.29) is 48.5 Å². The summed E-state index contributed by atoms with van der Waals surface area (Å²) in [6, 6.07) is 21.3. The number of nitrogens with zero attached hydrogens (tertiary/aromatic N) is 2. The van der Waals surface area contributed by atoms with Crippen molar-refractivity contribution in [3.05, 3.63) is 99.5 Å². The zero-order chi connectivity index (χ0) is 30.0. The Balaban J connectivity index is 1.88. The normalized spacial score (nSPS) is 12.0. The molecule has 3 rings (SSSR count). The van der Waals surface area contributed by atoms with Gasteiger partial charge in [0.2, 0.25) is 21.8 Å². The Morgan fingerprint density at radius 1 is 0.951 bits per heavy atom. The van der Waals surface area contributed by atoms with Crippen molar-refractivity contribution in [3.63, 3.8) is 0 Å². The predicted octanol–water partition coefficient (Wildman–Crippen LogP) is 6.01. The van der Waals surface area contributed by atoms with Gasteiger partial charge in [-0.1, -0.05) is 90.3 Å². The number of hydrogen-bond donors (Lipinski definition) is 1. The molecule has 7 nitrogen and oxygen atoms in total. The van der Waals surface area contributed by atoms with Crippen molar-refractivity contribution >= 4 is 50.7 Å². The van der Waals surface area contributed by atoms with Gasteiger partial charge < -0.3 is 10.2 Å². The zero-order valence-corrected chi connectivity index (χ0v) is 26.0. The van der Waals surface area contributed by atoms with Crippen LogP contribution in [0.5, 0.6) is 0 Å². The van der Waals surface area contributed by atoms with Gasteiger partial charge >= 0.3 is 0 Å². The average Bonchev–Trinajstić information content (AvgIpc) is 2.94. The molecule has 0 fully saturated rings. The molecular weight excluding hydrogens is 581 g/mol. The SMILES string of the molecule is CCCNC(=O)[C@@H](Cc1ccccc1)N(Cc1ccc(C)cc1)C(=O)CCCN(c1cc(Cl)ccc1Cl)S(C)(=O)=O. The molecule has 3 aromatic rings. The molecule has 0 unspecified atom stereocenters. The van der Waals surface area contributed by atoms with Crippen LogP contribution >= 0.6 is 23.2 Å². The third-order valence-electron chi connectivity index (χ3n) is 6.62. The van der Waals surface area contributed by atoms with Crippen LogP contribution < -0.4 is 9.62 Å². The highest BCUT2D eigenvalue weighted by Crippen LogP contribution is 2.31. The standard InChI is InChI=1S/C31H37Cl2N3O4S/c1-4-18-34-31(38)29(20-24-9-6-5-7-10-24)35(22-25-14-12-23(2)13-15-25)30(37)11-8-19-36(41(3,39)40)28-21-26(32)16-17-27(28)33/h5-7,9-10,12-17,21,29H,4,8,11,18-20,22H2,1-3H3,(H,34,38)/t29-/m1/s1. The van der Waals surface area contributed by atoms with E-state index in [1.807, 2.05) is 68.4 Å². The molecule has 3 aromatic carbocycles. The van der Waals surface area contributed by atoms with Crippen molar-refractivity contribution in [2.45, 2.75) is 52.1 Å². The van der Waals surface area contributed by atoms with Crippen LogP contribution in [0.4, 0.5) is 5.69 Å². The summed E-state index contributed by atoms with van der Waals surface area (Å²) in [5, 5.41) is 3.55. The van der Waals surface area contributed by atoms with Crippen LogP contribution in [-0.2, 0) is 32.6 Å². The van der Waals surface area contributed by atoms with Gasteiger partial charge in [-0.05, 0) is 49.1 Å². The minimum Gasteiger partial charge on any atom is -0.354 e. The van der Waals surface area contributed by atoms with Crippen LogP contribution in [0.25, 0.3) is 0 Å². The van der Waals surface area contributed by atoms with Gasteiger partial charge in [-0.2, -0.15) is 0 Å². The van der Waals surface area contributed by atoms with Gasteiger partial charge in [-0.3, -0.25) is 13.9 Å². The lowest BCUT2D eigenvalue weighted by Gasteiger charge is -2.32. The third kappa shape index (κ3) is 9.76. The van der Waals surface area contributed by atoms with Gasteiger partial charge in [0, 0.05) is 37.5 Å². The highest BCUT2D eigenvalue weighted by atomic mass is 35.5. The molecule has 41 heavy (non-hydrogen) atoms. The van der Waals surface area contributed by atoms with Crippen molar-refractivity contribution in [1.82, 2.24) is 10.2 Å². The van der Waals surface area contributed by atoms with Crippen molar-refractivity contribution in [3.8, 4) is 0 Å². The fraction of sp³-hybridized carbons (Fsp3) is 0.355. The molecule has 0 aliphatic rings. The van der Waals surface area contributed by atoms with E-state index >= 15 is 0 Å². The number of anilines is 1. The predicted molar refractivity (Wildman–Crippen MR) is 167 cm³/mol. The van der Waals surface area contributed by atoms with E-state index in [0.29, 0.717) is 18.0 Å². The first-order chi connectivity index (χ1) is 19.5. The number of nitrogens with one attached hydrogen (secondary N) is 1. The first-order valence-electron chi connectivity index (χ1n) is 13.6. The number of halogens is 2. The van der Waals surface area contributed by atoms with Crippen LogP contribution in [0.15, 0.2) is 72.8 Å². The zero-order valence-electron chi connectivity index (χ0n) is 23.6. The molecule has 0 aromatic heterocycles. The smallest absolute Gasteiger partial charge is 0.243 e.